The van der Waals surface area contributed by atoms with Crippen molar-refractivity contribution < 1.29 is 4.79 Å². The molecule has 1 fully saturated rings. The van der Waals surface area contributed by atoms with E-state index < -0.39 is 0 Å². The molecule has 1 N–H and O–H groups in total. The standard InChI is InChI=1S/C3H6N2OS.K.H/c6-3-5-1-2-7-4-5;;/h3-4H,1-2H2;;. The number of hydrogen-bond acceptors (Lipinski definition) is 3. The van der Waals surface area contributed by atoms with Gasteiger partial charge in [-0.3, -0.25) is 9.80 Å². The molecule has 0 saturated carbocycles. The second kappa shape index (κ2) is 5.22. The van der Waals surface area contributed by atoms with Gasteiger partial charge in [-0.05, 0) is 0 Å². The van der Waals surface area contributed by atoms with E-state index in [1.165, 1.54) is 5.01 Å². The summed E-state index contributed by atoms with van der Waals surface area (Å²) in [7, 11) is 0. The first-order valence-corrected chi connectivity index (χ1v) is 3.01. The zero-order valence-corrected chi connectivity index (χ0v) is 4.57. The number of nitrogens with one attached hydrogen (secondary N) is 1. The molecule has 0 spiro atoms. The van der Waals surface area contributed by atoms with Crippen LogP contribution in [-0.4, -0.2) is 75.1 Å². The Kier molecular flexibility index (Phi) is 6.15. The van der Waals surface area contributed by atoms with Crippen LogP contribution in [0.4, 0.5) is 0 Å². The van der Waals surface area contributed by atoms with Crippen LogP contribution in [0.1, 0.15) is 0 Å². The summed E-state index contributed by atoms with van der Waals surface area (Å²) in [5.74, 6) is 0.999. The molecule has 1 amide bonds. The number of nitrogens with zero attached hydrogens (tertiary/aromatic N) is 1. The molecule has 1 aliphatic heterocycles. The Morgan fingerprint density at radius 1 is 1.75 bits per heavy atom. The van der Waals surface area contributed by atoms with Crippen molar-refractivity contribution in [2.24, 2.45) is 0 Å². The van der Waals surface area contributed by atoms with Gasteiger partial charge in [0.05, 0.1) is 0 Å². The van der Waals surface area contributed by atoms with Crippen LogP contribution >= 0.6 is 11.9 Å². The third-order valence-corrected chi connectivity index (χ3v) is 1.49. The summed E-state index contributed by atoms with van der Waals surface area (Å²) < 4.78 is 0. The van der Waals surface area contributed by atoms with Gasteiger partial charge in [0, 0.05) is 12.3 Å². The van der Waals surface area contributed by atoms with Crippen LogP contribution in [-0.2, 0) is 4.79 Å². The van der Waals surface area contributed by atoms with Crippen LogP contribution in [0.2, 0.25) is 0 Å². The van der Waals surface area contributed by atoms with Gasteiger partial charge in [-0.2, -0.15) is 4.83 Å². The number of hydrazine groups is 1. The van der Waals surface area contributed by atoms with Gasteiger partial charge in [0.25, 0.3) is 0 Å². The molecule has 0 aliphatic carbocycles. The van der Waals surface area contributed by atoms with Gasteiger partial charge in [-0.15, -0.1) is 0 Å². The summed E-state index contributed by atoms with van der Waals surface area (Å²) in [4.78, 5) is 12.6. The molecular formula is C3H7KN2OS. The van der Waals surface area contributed by atoms with E-state index in [4.69, 9.17) is 0 Å². The van der Waals surface area contributed by atoms with E-state index >= 15 is 0 Å². The third-order valence-electron chi connectivity index (χ3n) is 0.743. The summed E-state index contributed by atoms with van der Waals surface area (Å²) in [5, 5.41) is 1.52. The van der Waals surface area contributed by atoms with Crippen molar-refractivity contribution >= 4 is 69.7 Å². The maximum atomic E-state index is 9.86. The number of carbonyl (C=O) groups excluding carboxylic acids is 1. The van der Waals surface area contributed by atoms with Gasteiger partial charge < -0.3 is 0 Å². The number of hydrogen-bond donors (Lipinski definition) is 1. The fraction of sp³-hybridized carbons (Fsp3) is 0.667. The number of rotatable bonds is 1. The Balaban J connectivity index is 0.000000490. The van der Waals surface area contributed by atoms with Crippen molar-refractivity contribution in [3.8, 4) is 0 Å². The molecular weight excluding hydrogens is 151 g/mol. The summed E-state index contributed by atoms with van der Waals surface area (Å²) in [6.07, 6.45) is 0.792. The predicted molar refractivity (Wildman–Crippen MR) is 35.5 cm³/mol. The molecule has 42 valence electrons. The van der Waals surface area contributed by atoms with Crippen LogP contribution in [0.25, 0.3) is 0 Å². The molecule has 0 atom stereocenters. The van der Waals surface area contributed by atoms with Gasteiger partial charge in [0.2, 0.25) is 6.41 Å². The molecule has 1 heterocycles. The molecule has 0 aromatic rings. The fourth-order valence-corrected chi connectivity index (χ4v) is 1.07. The van der Waals surface area contributed by atoms with Gasteiger partial charge in [0.15, 0.2) is 0 Å². The van der Waals surface area contributed by atoms with Gasteiger partial charge in [-0.25, -0.2) is 0 Å². The van der Waals surface area contributed by atoms with E-state index in [0.29, 0.717) is 0 Å². The molecule has 1 rings (SSSR count). The second-order valence-electron chi connectivity index (χ2n) is 1.24. The molecule has 0 aromatic carbocycles. The van der Waals surface area contributed by atoms with E-state index in [-0.39, 0.29) is 51.4 Å². The maximum absolute atomic E-state index is 9.86. The molecule has 0 bridgehead atoms. The average molecular weight is 158 g/mol. The molecule has 0 radical (unpaired) electrons. The van der Waals surface area contributed by atoms with Crippen molar-refractivity contribution in [3.63, 3.8) is 0 Å². The topological polar surface area (TPSA) is 32.3 Å². The predicted octanol–water partition coefficient (Wildman–Crippen LogP) is -1.04. The normalized spacial score (nSPS) is 17.8. The zero-order valence-electron chi connectivity index (χ0n) is 3.76. The van der Waals surface area contributed by atoms with Crippen molar-refractivity contribution in [2.75, 3.05) is 12.3 Å². The van der Waals surface area contributed by atoms with E-state index in [2.05, 4.69) is 4.83 Å². The van der Waals surface area contributed by atoms with Gasteiger partial charge in [-0.1, -0.05) is 11.9 Å². The fourth-order valence-electron chi connectivity index (χ4n) is 0.392. The van der Waals surface area contributed by atoms with Gasteiger partial charge in [0.1, 0.15) is 0 Å². The number of carbonyl (C=O) groups is 1. The minimum atomic E-state index is 0. The zero-order chi connectivity index (χ0) is 5.11. The first-order chi connectivity index (χ1) is 3.43. The van der Waals surface area contributed by atoms with Crippen LogP contribution in [0.3, 0.4) is 0 Å². The van der Waals surface area contributed by atoms with Crippen molar-refractivity contribution in [1.82, 2.24) is 9.84 Å². The molecule has 1 aliphatic rings. The van der Waals surface area contributed by atoms with Crippen molar-refractivity contribution in [3.05, 3.63) is 0 Å². The average Bonchev–Trinajstić information content (AvgIpc) is 2.14. The Morgan fingerprint density at radius 2 is 2.50 bits per heavy atom. The Bertz CT molecular complexity index is 75.7. The van der Waals surface area contributed by atoms with Crippen LogP contribution < -0.4 is 4.83 Å². The minimum absolute atomic E-state index is 0. The van der Waals surface area contributed by atoms with Crippen LogP contribution in [0.5, 0.6) is 0 Å². The Morgan fingerprint density at radius 3 is 2.75 bits per heavy atom. The quantitative estimate of drug-likeness (QED) is 0.301. The summed E-state index contributed by atoms with van der Waals surface area (Å²) >= 11 is 1.55. The van der Waals surface area contributed by atoms with Crippen LogP contribution in [0.15, 0.2) is 0 Å². The third kappa shape index (κ3) is 2.81. The Labute approximate surface area is 95.1 Å². The van der Waals surface area contributed by atoms with E-state index in [0.717, 1.165) is 18.7 Å². The first kappa shape index (κ1) is 9.42. The molecule has 5 heteroatoms. The Hall–Kier alpha value is 1.42. The van der Waals surface area contributed by atoms with E-state index in [9.17, 15) is 4.79 Å². The molecule has 3 nitrogen and oxygen atoms in total. The van der Waals surface area contributed by atoms with Crippen LogP contribution in [0, 0.1) is 0 Å². The number of amides is 1. The van der Waals surface area contributed by atoms with Crippen molar-refractivity contribution in [1.29, 1.82) is 0 Å². The summed E-state index contributed by atoms with van der Waals surface area (Å²) in [6.45, 7) is 0.828. The summed E-state index contributed by atoms with van der Waals surface area (Å²) in [6, 6.07) is 0. The molecule has 1 saturated heterocycles. The summed E-state index contributed by atoms with van der Waals surface area (Å²) in [5.41, 5.74) is 0. The molecule has 0 aromatic heterocycles. The second-order valence-corrected chi connectivity index (χ2v) is 2.12. The van der Waals surface area contributed by atoms with E-state index in [1.54, 1.807) is 11.9 Å². The van der Waals surface area contributed by atoms with Crippen molar-refractivity contribution in [2.45, 2.75) is 0 Å². The first-order valence-electron chi connectivity index (χ1n) is 2.03. The van der Waals surface area contributed by atoms with Gasteiger partial charge >= 0.3 is 51.4 Å². The molecule has 8 heavy (non-hydrogen) atoms. The molecule has 0 unspecified atom stereocenters. The monoisotopic (exact) mass is 158 g/mol. The SMILES string of the molecule is O=CN1CCSN1.[KH]. The van der Waals surface area contributed by atoms with E-state index in [1.807, 2.05) is 0 Å².